The Labute approximate surface area is 172 Å². The van der Waals surface area contributed by atoms with Crippen LogP contribution in [0.25, 0.3) is 5.57 Å². The zero-order chi connectivity index (χ0) is 21.6. The van der Waals surface area contributed by atoms with E-state index < -0.39 is 61.2 Å². The molecule has 0 spiro atoms. The first kappa shape index (κ1) is 21.2. The summed E-state index contributed by atoms with van der Waals surface area (Å²) >= 11 is 0. The van der Waals surface area contributed by atoms with E-state index in [0.717, 1.165) is 0 Å². The number of phenols is 1. The Bertz CT molecular complexity index is 805. The number of hydrogen-bond donors (Lipinski definition) is 6. The van der Waals surface area contributed by atoms with Crippen LogP contribution in [0, 0.1) is 11.8 Å². The van der Waals surface area contributed by atoms with Gasteiger partial charge >= 0.3 is 0 Å². The zero-order valence-corrected chi connectivity index (χ0v) is 16.1. The van der Waals surface area contributed by atoms with E-state index in [9.17, 15) is 35.4 Å². The standard InChI is InChI=1S/C21H26O9/c22-7-14-17(26)18(27)19(28)21(30-14)15-13(24)6-5-11-16(25)12(8-29-20(11)15)9-1-3-10(23)4-2-9/h1-4,8,11,13-15,17-24,26-28H,5-7H2/t11?,13?,14-,15?,17-,18+,19-,20?,21+/m1/s1. The van der Waals surface area contributed by atoms with E-state index in [1.165, 1.54) is 18.4 Å². The summed E-state index contributed by atoms with van der Waals surface area (Å²) in [5.41, 5.74) is 0.937. The number of Topliss-reactive ketones (excluding diaryl/α,β-unsaturated/α-hetero) is 1. The first-order chi connectivity index (χ1) is 14.3. The Morgan fingerprint density at radius 1 is 0.933 bits per heavy atom. The molecule has 4 rings (SSSR count). The van der Waals surface area contributed by atoms with Crippen LogP contribution in [-0.4, -0.2) is 85.8 Å². The highest BCUT2D eigenvalue weighted by molar-refractivity contribution is 6.22. The first-order valence-electron chi connectivity index (χ1n) is 10.0. The van der Waals surface area contributed by atoms with Gasteiger partial charge in [0, 0.05) is 0 Å². The SMILES string of the molecule is O=C1C(c2ccc(O)cc2)=COC2C1CCC(O)C2[C@@H]1O[C@H](CO)[C@@H](O)[C@H](O)[C@H]1O. The molecule has 3 aliphatic rings. The van der Waals surface area contributed by atoms with E-state index >= 15 is 0 Å². The molecule has 9 atom stereocenters. The summed E-state index contributed by atoms with van der Waals surface area (Å²) in [6.07, 6.45) is -6.68. The van der Waals surface area contributed by atoms with Crippen LogP contribution in [0.5, 0.6) is 5.75 Å². The van der Waals surface area contributed by atoms with Crippen molar-refractivity contribution in [2.24, 2.45) is 11.8 Å². The van der Waals surface area contributed by atoms with Crippen LogP contribution < -0.4 is 0 Å². The van der Waals surface area contributed by atoms with E-state index in [2.05, 4.69) is 0 Å². The van der Waals surface area contributed by atoms with Crippen molar-refractivity contribution in [3.8, 4) is 5.75 Å². The van der Waals surface area contributed by atoms with Gasteiger partial charge in [-0.15, -0.1) is 0 Å². The van der Waals surface area contributed by atoms with Crippen LogP contribution in [0.4, 0.5) is 0 Å². The number of rotatable bonds is 3. The van der Waals surface area contributed by atoms with Gasteiger partial charge in [-0.3, -0.25) is 4.79 Å². The third-order valence-electron chi connectivity index (χ3n) is 6.43. The molecule has 0 aromatic heterocycles. The summed E-state index contributed by atoms with van der Waals surface area (Å²) in [7, 11) is 0. The van der Waals surface area contributed by atoms with Gasteiger partial charge in [-0.25, -0.2) is 0 Å². The predicted octanol–water partition coefficient (Wildman–Crippen LogP) is -1.07. The number of hydrogen-bond acceptors (Lipinski definition) is 9. The van der Waals surface area contributed by atoms with Gasteiger partial charge in [-0.2, -0.15) is 0 Å². The third kappa shape index (κ3) is 3.51. The van der Waals surface area contributed by atoms with Gasteiger partial charge in [0.2, 0.25) is 0 Å². The predicted molar refractivity (Wildman–Crippen MR) is 102 cm³/mol. The second-order valence-electron chi connectivity index (χ2n) is 8.17. The van der Waals surface area contributed by atoms with E-state index in [-0.39, 0.29) is 18.0 Å². The van der Waals surface area contributed by atoms with Gasteiger partial charge in [0.15, 0.2) is 5.78 Å². The molecule has 2 fully saturated rings. The van der Waals surface area contributed by atoms with Crippen molar-refractivity contribution >= 4 is 11.4 Å². The Balaban J connectivity index is 1.63. The first-order valence-corrected chi connectivity index (χ1v) is 10.0. The molecule has 0 bridgehead atoms. The number of benzene rings is 1. The van der Waals surface area contributed by atoms with Crippen molar-refractivity contribution in [3.05, 3.63) is 36.1 Å². The van der Waals surface area contributed by atoms with Crippen LogP contribution in [-0.2, 0) is 14.3 Å². The molecule has 30 heavy (non-hydrogen) atoms. The van der Waals surface area contributed by atoms with Crippen LogP contribution >= 0.6 is 0 Å². The number of phenolic OH excluding ortho intramolecular Hbond substituents is 1. The fourth-order valence-corrected chi connectivity index (χ4v) is 4.77. The van der Waals surface area contributed by atoms with Gasteiger partial charge < -0.3 is 40.1 Å². The monoisotopic (exact) mass is 422 g/mol. The van der Waals surface area contributed by atoms with Gasteiger partial charge in [0.25, 0.3) is 0 Å². The summed E-state index contributed by atoms with van der Waals surface area (Å²) in [5, 5.41) is 60.2. The van der Waals surface area contributed by atoms with Crippen molar-refractivity contribution in [2.45, 2.75) is 55.6 Å². The zero-order valence-electron chi connectivity index (χ0n) is 16.1. The molecule has 2 heterocycles. The lowest BCUT2D eigenvalue weighted by Crippen LogP contribution is -2.65. The largest absolute Gasteiger partial charge is 0.508 e. The van der Waals surface area contributed by atoms with E-state index in [4.69, 9.17) is 9.47 Å². The summed E-state index contributed by atoms with van der Waals surface area (Å²) < 4.78 is 11.5. The number of aliphatic hydroxyl groups is 5. The number of carbonyl (C=O) groups is 1. The van der Waals surface area contributed by atoms with Gasteiger partial charge in [-0.1, -0.05) is 12.1 Å². The van der Waals surface area contributed by atoms with E-state index in [1.54, 1.807) is 12.1 Å². The Hall–Kier alpha value is -2.01. The van der Waals surface area contributed by atoms with E-state index in [1.807, 2.05) is 0 Å². The second-order valence-corrected chi connectivity index (χ2v) is 8.17. The molecular formula is C21H26O9. The molecule has 2 aliphatic heterocycles. The van der Waals surface area contributed by atoms with E-state index in [0.29, 0.717) is 17.6 Å². The highest BCUT2D eigenvalue weighted by Gasteiger charge is 2.55. The van der Waals surface area contributed by atoms with Crippen LogP contribution in [0.3, 0.4) is 0 Å². The molecule has 1 saturated carbocycles. The summed E-state index contributed by atoms with van der Waals surface area (Å²) in [6, 6.07) is 6.15. The lowest BCUT2D eigenvalue weighted by atomic mass is 9.68. The average molecular weight is 422 g/mol. The maximum absolute atomic E-state index is 13.2. The van der Waals surface area contributed by atoms with Crippen molar-refractivity contribution in [3.63, 3.8) is 0 Å². The molecule has 1 aliphatic carbocycles. The number of carbonyl (C=O) groups excluding carboxylic acids is 1. The lowest BCUT2D eigenvalue weighted by Gasteiger charge is -2.49. The molecule has 0 radical (unpaired) electrons. The minimum Gasteiger partial charge on any atom is -0.508 e. The molecule has 9 nitrogen and oxygen atoms in total. The maximum atomic E-state index is 13.2. The Morgan fingerprint density at radius 3 is 2.30 bits per heavy atom. The highest BCUT2D eigenvalue weighted by Crippen LogP contribution is 2.43. The molecule has 1 saturated heterocycles. The van der Waals surface area contributed by atoms with Crippen molar-refractivity contribution < 1.29 is 44.9 Å². The summed E-state index contributed by atoms with van der Waals surface area (Å²) in [6.45, 7) is -0.580. The van der Waals surface area contributed by atoms with Crippen LogP contribution in [0.1, 0.15) is 18.4 Å². The number of ether oxygens (including phenoxy) is 2. The minimum atomic E-state index is -1.57. The normalized spacial score (nSPS) is 41.6. The topological polar surface area (TPSA) is 157 Å². The number of fused-ring (bicyclic) bond motifs is 1. The maximum Gasteiger partial charge on any atom is 0.173 e. The number of allylic oxidation sites excluding steroid dienone is 1. The van der Waals surface area contributed by atoms with Crippen LogP contribution in [0.15, 0.2) is 30.5 Å². The molecular weight excluding hydrogens is 396 g/mol. The van der Waals surface area contributed by atoms with Crippen molar-refractivity contribution in [2.75, 3.05) is 6.61 Å². The molecule has 1 aromatic rings. The fourth-order valence-electron chi connectivity index (χ4n) is 4.77. The smallest absolute Gasteiger partial charge is 0.173 e. The number of aliphatic hydroxyl groups excluding tert-OH is 5. The fraction of sp³-hybridized carbons (Fsp3) is 0.571. The minimum absolute atomic E-state index is 0.0740. The lowest BCUT2D eigenvalue weighted by molar-refractivity contribution is -0.262. The number of aromatic hydroxyl groups is 1. The Morgan fingerprint density at radius 2 is 1.63 bits per heavy atom. The second kappa shape index (κ2) is 8.26. The van der Waals surface area contributed by atoms with Crippen molar-refractivity contribution in [1.82, 2.24) is 0 Å². The third-order valence-corrected chi connectivity index (χ3v) is 6.43. The van der Waals surface area contributed by atoms with Gasteiger partial charge in [-0.05, 0) is 30.5 Å². The quantitative estimate of drug-likeness (QED) is 0.357. The molecule has 164 valence electrons. The van der Waals surface area contributed by atoms with Crippen LogP contribution in [0.2, 0.25) is 0 Å². The summed E-state index contributed by atoms with van der Waals surface area (Å²) in [4.78, 5) is 13.2. The van der Waals surface area contributed by atoms with Crippen molar-refractivity contribution in [1.29, 1.82) is 0 Å². The average Bonchev–Trinajstić information content (AvgIpc) is 2.74. The van der Waals surface area contributed by atoms with Gasteiger partial charge in [0.05, 0.1) is 42.5 Å². The molecule has 1 aromatic carbocycles. The Kier molecular flexibility index (Phi) is 5.84. The highest BCUT2D eigenvalue weighted by atomic mass is 16.5. The molecule has 6 N–H and O–H groups in total. The number of ketones is 1. The molecule has 9 heteroatoms. The molecule has 4 unspecified atom stereocenters. The summed E-state index contributed by atoms with van der Waals surface area (Å²) in [5.74, 6) is -1.56. The van der Waals surface area contributed by atoms with Gasteiger partial charge in [0.1, 0.15) is 36.3 Å². The molecule has 0 amide bonds.